The second kappa shape index (κ2) is 44.6. The van der Waals surface area contributed by atoms with Crippen molar-refractivity contribution in [2.24, 2.45) is 0 Å². The zero-order valence-electron chi connectivity index (χ0n) is 5.51. The van der Waals surface area contributed by atoms with Crippen LogP contribution >= 0.6 is 0 Å². The molecule has 0 N–H and O–H groups in total. The zero-order valence-corrected chi connectivity index (χ0v) is 5.51. The lowest BCUT2D eigenvalue weighted by atomic mass is 10.4. The molecule has 86 valence electrons. The van der Waals surface area contributed by atoms with Crippen molar-refractivity contribution in [3.63, 3.8) is 0 Å². The molecule has 0 aliphatic carbocycles. The highest BCUT2D eigenvalue weighted by Gasteiger charge is 1.57. The van der Waals surface area contributed by atoms with Gasteiger partial charge in [-0.15, -0.1) is 0 Å². The van der Waals surface area contributed by atoms with Crippen LogP contribution in [-0.4, -0.2) is 0 Å². The van der Waals surface area contributed by atoms with E-state index in [0.717, 1.165) is 0 Å². The molecule has 1 aromatic carbocycles. The Kier molecular flexibility index (Phi) is 203. The van der Waals surface area contributed by atoms with Crippen LogP contribution in [0.25, 0.3) is 0 Å². The van der Waals surface area contributed by atoms with Crippen molar-refractivity contribution in [1.82, 2.24) is 0 Å². The minimum absolute atomic E-state index is 0. The van der Waals surface area contributed by atoms with Gasteiger partial charge in [0.05, 0.1) is 0 Å². The standard InChI is InChI=1S/C6H6.2CH4.5FH/c1-2-4-6-5-3-1;;;;;;;/h1-6H;2*1H4;5*1H. The lowest BCUT2D eigenvalue weighted by Crippen LogP contribution is -1.47. The maximum atomic E-state index is 2.00. The molecule has 0 saturated heterocycles. The van der Waals surface area contributed by atoms with E-state index in [4.69, 9.17) is 0 Å². The van der Waals surface area contributed by atoms with E-state index < -0.39 is 0 Å². The van der Waals surface area contributed by atoms with Gasteiger partial charge in [-0.3, -0.25) is 23.5 Å². The second-order valence-corrected chi connectivity index (χ2v) is 1.15. The fourth-order valence-electron chi connectivity index (χ4n) is 0.385. The van der Waals surface area contributed by atoms with Gasteiger partial charge < -0.3 is 0 Å². The molecule has 0 nitrogen and oxygen atoms in total. The third-order valence-electron chi connectivity index (χ3n) is 0.667. The van der Waals surface area contributed by atoms with Crippen LogP contribution in [0.4, 0.5) is 23.5 Å². The molecule has 0 amide bonds. The summed E-state index contributed by atoms with van der Waals surface area (Å²) in [7, 11) is 0. The average Bonchev–Trinajstić information content (AvgIpc) is 1.72. The third-order valence-corrected chi connectivity index (χ3v) is 0.667. The molecule has 1 aromatic rings. The van der Waals surface area contributed by atoms with Crippen molar-refractivity contribution in [3.05, 3.63) is 36.4 Å². The van der Waals surface area contributed by atoms with Gasteiger partial charge in [-0.25, -0.2) is 0 Å². The Morgan fingerprint density at radius 1 is 0.308 bits per heavy atom. The van der Waals surface area contributed by atoms with Gasteiger partial charge in [0.15, 0.2) is 0 Å². The van der Waals surface area contributed by atoms with Crippen molar-refractivity contribution >= 4 is 0 Å². The van der Waals surface area contributed by atoms with E-state index in [-0.39, 0.29) is 38.4 Å². The number of hydrogen-bond acceptors (Lipinski definition) is 0. The van der Waals surface area contributed by atoms with Crippen molar-refractivity contribution in [1.29, 1.82) is 0 Å². The monoisotopic (exact) mass is 210 g/mol. The van der Waals surface area contributed by atoms with Crippen LogP contribution in [0.3, 0.4) is 0 Å². The highest BCUT2D eigenvalue weighted by Crippen LogP contribution is 1.79. The lowest BCUT2D eigenvalue weighted by Gasteiger charge is -1.69. The van der Waals surface area contributed by atoms with Gasteiger partial charge in [-0.05, 0) is 0 Å². The largest absolute Gasteiger partial charge is 0.269 e. The minimum Gasteiger partial charge on any atom is -0.269 e. The minimum atomic E-state index is 0. The summed E-state index contributed by atoms with van der Waals surface area (Å²) in [6.07, 6.45) is 0. The molecule has 0 unspecified atom stereocenters. The number of halogens is 5. The van der Waals surface area contributed by atoms with Gasteiger partial charge in [0.25, 0.3) is 0 Å². The van der Waals surface area contributed by atoms with Crippen molar-refractivity contribution in [3.8, 4) is 0 Å². The Bertz CT molecular complexity index is 84.5. The summed E-state index contributed by atoms with van der Waals surface area (Å²) in [5, 5.41) is 0. The summed E-state index contributed by atoms with van der Waals surface area (Å²) in [5.41, 5.74) is 0. The van der Waals surface area contributed by atoms with Crippen LogP contribution in [0.1, 0.15) is 14.9 Å². The van der Waals surface area contributed by atoms with Crippen molar-refractivity contribution in [2.75, 3.05) is 0 Å². The Balaban J connectivity index is -0.0000000103. The Morgan fingerprint density at radius 3 is 0.462 bits per heavy atom. The molecule has 5 heteroatoms. The molecule has 0 aliphatic heterocycles. The van der Waals surface area contributed by atoms with E-state index in [0.29, 0.717) is 0 Å². The molecule has 0 fully saturated rings. The lowest BCUT2D eigenvalue weighted by molar-refractivity contribution is 1.11. The van der Waals surface area contributed by atoms with Crippen LogP contribution in [0.5, 0.6) is 0 Å². The summed E-state index contributed by atoms with van der Waals surface area (Å²) in [5.74, 6) is 0. The zero-order chi connectivity index (χ0) is 4.24. The van der Waals surface area contributed by atoms with Crippen LogP contribution in [0, 0.1) is 0 Å². The molecule has 0 heterocycles. The van der Waals surface area contributed by atoms with Crippen molar-refractivity contribution in [2.45, 2.75) is 14.9 Å². The molecule has 13 heavy (non-hydrogen) atoms. The van der Waals surface area contributed by atoms with E-state index in [2.05, 4.69) is 0 Å². The van der Waals surface area contributed by atoms with Gasteiger partial charge in [0.2, 0.25) is 0 Å². The third kappa shape index (κ3) is 36.1. The van der Waals surface area contributed by atoms with Crippen LogP contribution in [-0.2, 0) is 0 Å². The predicted molar refractivity (Wildman–Crippen MR) is 52.4 cm³/mol. The Morgan fingerprint density at radius 2 is 0.385 bits per heavy atom. The van der Waals surface area contributed by atoms with Crippen LogP contribution in [0.15, 0.2) is 36.4 Å². The normalized spacial score (nSPS) is 3.69. The Labute approximate surface area is 75.8 Å². The molecule has 0 spiro atoms. The smallest absolute Gasteiger partial charge is 0.0623 e. The van der Waals surface area contributed by atoms with E-state index in [9.17, 15) is 0 Å². The maximum absolute atomic E-state index is 2.00. The maximum Gasteiger partial charge on any atom is -0.0623 e. The number of rotatable bonds is 0. The summed E-state index contributed by atoms with van der Waals surface area (Å²) < 4.78 is 0. The van der Waals surface area contributed by atoms with Gasteiger partial charge in [0, 0.05) is 0 Å². The van der Waals surface area contributed by atoms with Crippen molar-refractivity contribution < 1.29 is 23.5 Å². The van der Waals surface area contributed by atoms with E-state index in [1.54, 1.807) is 0 Å². The van der Waals surface area contributed by atoms with Gasteiger partial charge >= 0.3 is 0 Å². The summed E-state index contributed by atoms with van der Waals surface area (Å²) in [4.78, 5) is 0. The molecule has 0 saturated carbocycles. The fourth-order valence-corrected chi connectivity index (χ4v) is 0.385. The molecule has 0 radical (unpaired) electrons. The van der Waals surface area contributed by atoms with E-state index in [1.807, 2.05) is 36.4 Å². The van der Waals surface area contributed by atoms with Crippen LogP contribution < -0.4 is 0 Å². The Hall–Kier alpha value is -1.13. The first kappa shape index (κ1) is 59.1. The van der Waals surface area contributed by atoms with Gasteiger partial charge in [0.1, 0.15) is 0 Å². The molecular formula is C8H19F5. The molecule has 0 atom stereocenters. The van der Waals surface area contributed by atoms with Gasteiger partial charge in [-0.1, -0.05) is 51.3 Å². The summed E-state index contributed by atoms with van der Waals surface area (Å²) in [6, 6.07) is 12.0. The predicted octanol–water partition coefficient (Wildman–Crippen LogP) is 3.72. The number of benzene rings is 1. The first-order chi connectivity index (χ1) is 3.00. The highest BCUT2D eigenvalue weighted by atomic mass is 19.0. The van der Waals surface area contributed by atoms with Crippen LogP contribution in [0.2, 0.25) is 0 Å². The van der Waals surface area contributed by atoms with Gasteiger partial charge in [-0.2, -0.15) is 0 Å². The second-order valence-electron chi connectivity index (χ2n) is 1.15. The average molecular weight is 210 g/mol. The first-order valence-electron chi connectivity index (χ1n) is 2.00. The molecule has 0 aromatic heterocycles. The quantitative estimate of drug-likeness (QED) is 0.572. The molecule has 1 rings (SSSR count). The topological polar surface area (TPSA) is 0 Å². The van der Waals surface area contributed by atoms with E-state index >= 15 is 0 Å². The SMILES string of the molecule is C.C.F.F.F.F.F.c1ccccc1. The first-order valence-corrected chi connectivity index (χ1v) is 2.00. The molecule has 0 aliphatic rings. The highest BCUT2D eigenvalue weighted by molar-refractivity contribution is 4.99. The number of hydrogen-bond donors (Lipinski definition) is 0. The van der Waals surface area contributed by atoms with E-state index in [1.165, 1.54) is 0 Å². The summed E-state index contributed by atoms with van der Waals surface area (Å²) in [6.45, 7) is 0. The fraction of sp³-hybridized carbons (Fsp3) is 0.250. The molecular weight excluding hydrogens is 191 g/mol. The molecule has 0 bridgehead atoms. The summed E-state index contributed by atoms with van der Waals surface area (Å²) >= 11 is 0.